The maximum absolute atomic E-state index is 13.1. The molecule has 1 aromatic carbocycles. The molecule has 0 spiro atoms. The standard InChI is InChI=1S/C24H32N4O3/c29-22-4-3-21(23(30)26-22)28-15-19-2-1-18(13-20(19)24(28)31)17-7-11-27(12-8-17)14-16-5-9-25-10-6-16/h1-2,13,16-17,21,25H,3-12,14-15H2,(H,26,29,30). The Labute approximate surface area is 183 Å². The molecule has 7 nitrogen and oxygen atoms in total. The summed E-state index contributed by atoms with van der Waals surface area (Å²) in [7, 11) is 0. The van der Waals surface area contributed by atoms with Gasteiger partial charge in [-0.05, 0) is 87.3 Å². The molecule has 5 rings (SSSR count). The number of imide groups is 1. The van der Waals surface area contributed by atoms with Gasteiger partial charge in [0.2, 0.25) is 11.8 Å². The maximum Gasteiger partial charge on any atom is 0.255 e. The van der Waals surface area contributed by atoms with Gasteiger partial charge in [-0.1, -0.05) is 12.1 Å². The molecule has 0 aliphatic carbocycles. The highest BCUT2D eigenvalue weighted by Gasteiger charge is 2.39. The molecule has 4 heterocycles. The minimum Gasteiger partial charge on any atom is -0.322 e. The summed E-state index contributed by atoms with van der Waals surface area (Å²) in [5.41, 5.74) is 2.97. The van der Waals surface area contributed by atoms with Gasteiger partial charge in [0.05, 0.1) is 0 Å². The zero-order chi connectivity index (χ0) is 21.4. The van der Waals surface area contributed by atoms with E-state index >= 15 is 0 Å². The highest BCUT2D eigenvalue weighted by molar-refractivity contribution is 6.05. The van der Waals surface area contributed by atoms with E-state index < -0.39 is 6.04 Å². The minimum absolute atomic E-state index is 0.0744. The quantitative estimate of drug-likeness (QED) is 0.718. The van der Waals surface area contributed by atoms with E-state index in [2.05, 4.69) is 33.7 Å². The molecule has 3 amide bonds. The van der Waals surface area contributed by atoms with Gasteiger partial charge in [0, 0.05) is 25.1 Å². The van der Waals surface area contributed by atoms with E-state index in [1.165, 1.54) is 24.9 Å². The molecule has 3 saturated heterocycles. The summed E-state index contributed by atoms with van der Waals surface area (Å²) in [6.45, 7) is 6.23. The molecule has 2 N–H and O–H groups in total. The second-order valence-electron chi connectivity index (χ2n) is 9.58. The summed E-state index contributed by atoms with van der Waals surface area (Å²) in [5, 5.41) is 5.82. The number of benzene rings is 1. The molecule has 1 aromatic rings. The van der Waals surface area contributed by atoms with Crippen LogP contribution in [-0.4, -0.2) is 66.3 Å². The van der Waals surface area contributed by atoms with Crippen molar-refractivity contribution < 1.29 is 14.4 Å². The average Bonchev–Trinajstić information content (AvgIpc) is 3.11. The van der Waals surface area contributed by atoms with E-state index in [1.807, 2.05) is 0 Å². The molecule has 1 atom stereocenters. The van der Waals surface area contributed by atoms with E-state index in [9.17, 15) is 14.4 Å². The zero-order valence-corrected chi connectivity index (χ0v) is 18.1. The van der Waals surface area contributed by atoms with E-state index in [1.54, 1.807) is 4.90 Å². The summed E-state index contributed by atoms with van der Waals surface area (Å²) in [6, 6.07) is 5.76. The molecule has 0 bridgehead atoms. The summed E-state index contributed by atoms with van der Waals surface area (Å²) < 4.78 is 0. The topological polar surface area (TPSA) is 81.8 Å². The summed E-state index contributed by atoms with van der Waals surface area (Å²) in [6.07, 6.45) is 5.54. The Morgan fingerprint density at radius 3 is 2.48 bits per heavy atom. The highest BCUT2D eigenvalue weighted by atomic mass is 16.2. The Morgan fingerprint density at radius 2 is 1.74 bits per heavy atom. The van der Waals surface area contributed by atoms with E-state index in [0.29, 0.717) is 18.9 Å². The first-order valence-electron chi connectivity index (χ1n) is 11.8. The summed E-state index contributed by atoms with van der Waals surface area (Å²) in [5.74, 6) is 0.647. The number of hydrogen-bond donors (Lipinski definition) is 2. The largest absolute Gasteiger partial charge is 0.322 e. The molecule has 166 valence electrons. The number of carbonyl (C=O) groups excluding carboxylic acids is 3. The monoisotopic (exact) mass is 424 g/mol. The Kier molecular flexibility index (Phi) is 5.80. The van der Waals surface area contributed by atoms with Crippen molar-refractivity contribution in [1.29, 1.82) is 0 Å². The molecule has 4 aliphatic heterocycles. The van der Waals surface area contributed by atoms with Crippen molar-refractivity contribution in [2.75, 3.05) is 32.7 Å². The van der Waals surface area contributed by atoms with Gasteiger partial charge < -0.3 is 15.1 Å². The number of nitrogens with one attached hydrogen (secondary N) is 2. The molecule has 0 saturated carbocycles. The fourth-order valence-corrected chi connectivity index (χ4v) is 5.70. The SMILES string of the molecule is O=C1CCC(N2Cc3ccc(C4CCN(CC5CCNCC5)CC4)cc3C2=O)C(=O)N1. The number of likely N-dealkylation sites (tertiary alicyclic amines) is 1. The maximum atomic E-state index is 13.1. The predicted octanol–water partition coefficient (Wildman–Crippen LogP) is 1.63. The third-order valence-corrected chi connectivity index (χ3v) is 7.59. The van der Waals surface area contributed by atoms with Crippen LogP contribution in [0.2, 0.25) is 0 Å². The minimum atomic E-state index is -0.542. The van der Waals surface area contributed by atoms with Crippen molar-refractivity contribution in [3.63, 3.8) is 0 Å². The van der Waals surface area contributed by atoms with Crippen LogP contribution in [0.3, 0.4) is 0 Å². The number of piperidine rings is 3. The van der Waals surface area contributed by atoms with Crippen LogP contribution in [0, 0.1) is 5.92 Å². The number of rotatable bonds is 4. The molecule has 4 aliphatic rings. The van der Waals surface area contributed by atoms with Gasteiger partial charge in [-0.25, -0.2) is 0 Å². The van der Waals surface area contributed by atoms with Crippen LogP contribution in [0.5, 0.6) is 0 Å². The van der Waals surface area contributed by atoms with Gasteiger partial charge in [0.1, 0.15) is 6.04 Å². The second-order valence-corrected chi connectivity index (χ2v) is 9.58. The Morgan fingerprint density at radius 1 is 0.968 bits per heavy atom. The number of hydrogen-bond acceptors (Lipinski definition) is 5. The van der Waals surface area contributed by atoms with E-state index in [4.69, 9.17) is 0 Å². The molecule has 3 fully saturated rings. The van der Waals surface area contributed by atoms with Crippen molar-refractivity contribution in [3.05, 3.63) is 34.9 Å². The van der Waals surface area contributed by atoms with Gasteiger partial charge >= 0.3 is 0 Å². The van der Waals surface area contributed by atoms with Gasteiger partial charge in [-0.3, -0.25) is 19.7 Å². The van der Waals surface area contributed by atoms with Gasteiger partial charge in [0.25, 0.3) is 5.91 Å². The first-order valence-corrected chi connectivity index (χ1v) is 11.8. The zero-order valence-electron chi connectivity index (χ0n) is 18.1. The molecule has 0 aromatic heterocycles. The number of amides is 3. The van der Waals surface area contributed by atoms with Gasteiger partial charge in [-0.15, -0.1) is 0 Å². The molecule has 1 unspecified atom stereocenters. The highest BCUT2D eigenvalue weighted by Crippen LogP contribution is 2.34. The van der Waals surface area contributed by atoms with Crippen molar-refractivity contribution in [2.45, 2.75) is 57.0 Å². The Hall–Kier alpha value is -2.25. The van der Waals surface area contributed by atoms with Crippen molar-refractivity contribution in [1.82, 2.24) is 20.4 Å². The smallest absolute Gasteiger partial charge is 0.255 e. The van der Waals surface area contributed by atoms with Gasteiger partial charge in [-0.2, -0.15) is 0 Å². The van der Waals surface area contributed by atoms with Crippen molar-refractivity contribution >= 4 is 17.7 Å². The molecule has 7 heteroatoms. The predicted molar refractivity (Wildman–Crippen MR) is 116 cm³/mol. The van der Waals surface area contributed by atoms with E-state index in [0.717, 1.165) is 56.1 Å². The van der Waals surface area contributed by atoms with Crippen LogP contribution >= 0.6 is 0 Å². The lowest BCUT2D eigenvalue weighted by Gasteiger charge is -2.35. The Bertz CT molecular complexity index is 872. The normalized spacial score (nSPS) is 26.3. The van der Waals surface area contributed by atoms with Crippen LogP contribution < -0.4 is 10.6 Å². The third kappa shape index (κ3) is 4.26. The molecule has 0 radical (unpaired) electrons. The summed E-state index contributed by atoms with van der Waals surface area (Å²) >= 11 is 0. The fourth-order valence-electron chi connectivity index (χ4n) is 5.70. The van der Waals surface area contributed by atoms with Crippen LogP contribution in [0.4, 0.5) is 0 Å². The third-order valence-electron chi connectivity index (χ3n) is 7.59. The lowest BCUT2D eigenvalue weighted by molar-refractivity contribution is -0.136. The first-order chi connectivity index (χ1) is 15.1. The van der Waals surface area contributed by atoms with E-state index in [-0.39, 0.29) is 24.1 Å². The van der Waals surface area contributed by atoms with Crippen LogP contribution in [0.15, 0.2) is 18.2 Å². The Balaban J connectivity index is 1.21. The van der Waals surface area contributed by atoms with Crippen molar-refractivity contribution in [3.8, 4) is 0 Å². The van der Waals surface area contributed by atoms with Crippen LogP contribution in [-0.2, 0) is 16.1 Å². The van der Waals surface area contributed by atoms with Gasteiger partial charge in [0.15, 0.2) is 0 Å². The lowest BCUT2D eigenvalue weighted by atomic mass is 9.87. The van der Waals surface area contributed by atoms with Crippen LogP contribution in [0.25, 0.3) is 0 Å². The average molecular weight is 425 g/mol. The van der Waals surface area contributed by atoms with Crippen LogP contribution in [0.1, 0.15) is 65.9 Å². The molecular weight excluding hydrogens is 392 g/mol. The second kappa shape index (κ2) is 8.71. The summed E-state index contributed by atoms with van der Waals surface area (Å²) in [4.78, 5) is 41.0. The number of nitrogens with zero attached hydrogens (tertiary/aromatic N) is 2. The van der Waals surface area contributed by atoms with Crippen molar-refractivity contribution in [2.24, 2.45) is 5.92 Å². The number of carbonyl (C=O) groups is 3. The lowest BCUT2D eigenvalue weighted by Crippen LogP contribution is -2.52. The molecule has 31 heavy (non-hydrogen) atoms. The fraction of sp³-hybridized carbons (Fsp3) is 0.625. The molecular formula is C24H32N4O3. The first kappa shape index (κ1) is 20.6. The number of fused-ring (bicyclic) bond motifs is 1.